The van der Waals surface area contributed by atoms with Gasteiger partial charge >= 0.3 is 0 Å². The summed E-state index contributed by atoms with van der Waals surface area (Å²) in [5.41, 5.74) is 1.79. The molecule has 0 heterocycles. The SMILES string of the molecule is Clc1cccc(C#Cc2cccc(Cl)c2)c1. The van der Waals surface area contributed by atoms with Gasteiger partial charge in [0.15, 0.2) is 0 Å². The van der Waals surface area contributed by atoms with Gasteiger partial charge in [0, 0.05) is 21.2 Å². The van der Waals surface area contributed by atoms with Gasteiger partial charge in [0.05, 0.1) is 0 Å². The van der Waals surface area contributed by atoms with E-state index in [1.807, 2.05) is 48.5 Å². The van der Waals surface area contributed by atoms with Crippen molar-refractivity contribution in [3.05, 3.63) is 69.7 Å². The molecule has 2 rings (SSSR count). The molecular weight excluding hydrogens is 239 g/mol. The summed E-state index contributed by atoms with van der Waals surface area (Å²) in [6.07, 6.45) is 0. The molecule has 78 valence electrons. The Balaban J connectivity index is 2.28. The van der Waals surface area contributed by atoms with Crippen LogP contribution in [0.5, 0.6) is 0 Å². The Bertz CT molecular complexity index is 513. The zero-order chi connectivity index (χ0) is 11.4. The molecule has 16 heavy (non-hydrogen) atoms. The number of hydrogen-bond acceptors (Lipinski definition) is 0. The Morgan fingerprint density at radius 1 is 0.688 bits per heavy atom. The summed E-state index contributed by atoms with van der Waals surface area (Å²) >= 11 is 11.7. The largest absolute Gasteiger partial charge is 0.0843 e. The zero-order valence-electron chi connectivity index (χ0n) is 8.37. The van der Waals surface area contributed by atoms with E-state index in [4.69, 9.17) is 23.2 Å². The fourth-order valence-electron chi connectivity index (χ4n) is 1.28. The first-order valence-electron chi connectivity index (χ1n) is 4.77. The first-order valence-corrected chi connectivity index (χ1v) is 5.53. The summed E-state index contributed by atoms with van der Waals surface area (Å²) in [7, 11) is 0. The average Bonchev–Trinajstić information content (AvgIpc) is 2.27. The maximum Gasteiger partial charge on any atom is 0.0418 e. The van der Waals surface area contributed by atoms with Crippen molar-refractivity contribution < 1.29 is 0 Å². The Kier molecular flexibility index (Phi) is 3.51. The van der Waals surface area contributed by atoms with E-state index in [-0.39, 0.29) is 0 Å². The van der Waals surface area contributed by atoms with Crippen LogP contribution in [0.15, 0.2) is 48.5 Å². The Labute approximate surface area is 105 Å². The highest BCUT2D eigenvalue weighted by atomic mass is 35.5. The maximum atomic E-state index is 5.86. The third kappa shape index (κ3) is 3.03. The van der Waals surface area contributed by atoms with Gasteiger partial charge in [-0.25, -0.2) is 0 Å². The predicted octanol–water partition coefficient (Wildman–Crippen LogP) is 4.39. The normalized spacial score (nSPS) is 9.38. The van der Waals surface area contributed by atoms with E-state index in [0.717, 1.165) is 11.1 Å². The molecule has 0 aliphatic rings. The minimum atomic E-state index is 0.692. The fourth-order valence-corrected chi connectivity index (χ4v) is 1.66. The molecule has 0 nitrogen and oxygen atoms in total. The smallest absolute Gasteiger partial charge is 0.0418 e. The molecule has 0 radical (unpaired) electrons. The molecule has 0 saturated heterocycles. The van der Waals surface area contributed by atoms with Crippen molar-refractivity contribution in [2.75, 3.05) is 0 Å². The minimum absolute atomic E-state index is 0.692. The molecule has 0 unspecified atom stereocenters. The Morgan fingerprint density at radius 2 is 1.12 bits per heavy atom. The van der Waals surface area contributed by atoms with Crippen molar-refractivity contribution in [1.29, 1.82) is 0 Å². The van der Waals surface area contributed by atoms with E-state index in [1.165, 1.54) is 0 Å². The molecule has 0 fully saturated rings. The van der Waals surface area contributed by atoms with Gasteiger partial charge in [-0.3, -0.25) is 0 Å². The van der Waals surface area contributed by atoms with Gasteiger partial charge in [-0.15, -0.1) is 0 Å². The van der Waals surface area contributed by atoms with Crippen LogP contribution in [-0.2, 0) is 0 Å². The fraction of sp³-hybridized carbons (Fsp3) is 0. The molecular formula is C14H8Cl2. The van der Waals surface area contributed by atoms with E-state index in [9.17, 15) is 0 Å². The Hall–Kier alpha value is -1.42. The third-order valence-corrected chi connectivity index (χ3v) is 2.47. The molecule has 2 aromatic carbocycles. The lowest BCUT2D eigenvalue weighted by Crippen LogP contribution is -1.76. The summed E-state index contributed by atoms with van der Waals surface area (Å²) < 4.78 is 0. The lowest BCUT2D eigenvalue weighted by Gasteiger charge is -1.92. The molecule has 2 aromatic rings. The summed E-state index contributed by atoms with van der Waals surface area (Å²) in [6, 6.07) is 14.9. The molecule has 0 saturated carbocycles. The summed E-state index contributed by atoms with van der Waals surface area (Å²) in [5, 5.41) is 1.38. The molecule has 0 N–H and O–H groups in total. The molecule has 2 heteroatoms. The van der Waals surface area contributed by atoms with Crippen LogP contribution in [-0.4, -0.2) is 0 Å². The van der Waals surface area contributed by atoms with Crippen molar-refractivity contribution in [2.24, 2.45) is 0 Å². The Morgan fingerprint density at radius 3 is 1.50 bits per heavy atom. The van der Waals surface area contributed by atoms with Crippen molar-refractivity contribution >= 4 is 23.2 Å². The molecule has 0 aliphatic heterocycles. The van der Waals surface area contributed by atoms with Gasteiger partial charge in [0.1, 0.15) is 0 Å². The first kappa shape index (κ1) is 11.1. The van der Waals surface area contributed by atoms with Crippen LogP contribution >= 0.6 is 23.2 Å². The summed E-state index contributed by atoms with van der Waals surface area (Å²) in [4.78, 5) is 0. The first-order chi connectivity index (χ1) is 7.74. The quantitative estimate of drug-likeness (QED) is 0.605. The number of benzene rings is 2. The van der Waals surface area contributed by atoms with Crippen LogP contribution in [0.2, 0.25) is 10.0 Å². The van der Waals surface area contributed by atoms with Crippen LogP contribution in [0.4, 0.5) is 0 Å². The van der Waals surface area contributed by atoms with Crippen molar-refractivity contribution in [1.82, 2.24) is 0 Å². The number of rotatable bonds is 0. The molecule has 0 spiro atoms. The van der Waals surface area contributed by atoms with Crippen molar-refractivity contribution in [3.8, 4) is 11.8 Å². The second-order valence-corrected chi connectivity index (χ2v) is 4.14. The third-order valence-electron chi connectivity index (χ3n) is 2.00. The summed E-state index contributed by atoms with van der Waals surface area (Å²) in [6.45, 7) is 0. The van der Waals surface area contributed by atoms with Crippen LogP contribution in [0, 0.1) is 11.8 Å². The van der Waals surface area contributed by atoms with Gasteiger partial charge < -0.3 is 0 Å². The van der Waals surface area contributed by atoms with Gasteiger partial charge in [-0.2, -0.15) is 0 Å². The van der Waals surface area contributed by atoms with Gasteiger partial charge in [-0.05, 0) is 36.4 Å². The lowest BCUT2D eigenvalue weighted by atomic mass is 10.2. The van der Waals surface area contributed by atoms with Gasteiger partial charge in [0.2, 0.25) is 0 Å². The second kappa shape index (κ2) is 5.07. The van der Waals surface area contributed by atoms with Gasteiger partial charge in [0.25, 0.3) is 0 Å². The molecule has 0 bridgehead atoms. The number of hydrogen-bond donors (Lipinski definition) is 0. The van der Waals surface area contributed by atoms with Crippen molar-refractivity contribution in [3.63, 3.8) is 0 Å². The second-order valence-electron chi connectivity index (χ2n) is 3.27. The standard InChI is InChI=1S/C14H8Cl2/c15-13-5-1-3-11(9-13)7-8-12-4-2-6-14(16)10-12/h1-6,9-10H. The monoisotopic (exact) mass is 246 g/mol. The van der Waals surface area contributed by atoms with E-state index in [0.29, 0.717) is 10.0 Å². The average molecular weight is 247 g/mol. The highest BCUT2D eigenvalue weighted by Gasteiger charge is 1.90. The highest BCUT2D eigenvalue weighted by Crippen LogP contribution is 2.11. The molecule has 0 atom stereocenters. The molecule has 0 aliphatic carbocycles. The minimum Gasteiger partial charge on any atom is -0.0843 e. The predicted molar refractivity (Wildman–Crippen MR) is 68.9 cm³/mol. The van der Waals surface area contributed by atoms with Crippen LogP contribution in [0.3, 0.4) is 0 Å². The number of halogens is 2. The van der Waals surface area contributed by atoms with Gasteiger partial charge in [-0.1, -0.05) is 47.2 Å². The van der Waals surface area contributed by atoms with Crippen LogP contribution in [0.25, 0.3) is 0 Å². The molecule has 0 amide bonds. The van der Waals surface area contributed by atoms with Crippen LogP contribution < -0.4 is 0 Å². The van der Waals surface area contributed by atoms with E-state index in [1.54, 1.807) is 0 Å². The lowest BCUT2D eigenvalue weighted by molar-refractivity contribution is 1.62. The van der Waals surface area contributed by atoms with Crippen molar-refractivity contribution in [2.45, 2.75) is 0 Å². The van der Waals surface area contributed by atoms with Crippen LogP contribution in [0.1, 0.15) is 11.1 Å². The zero-order valence-corrected chi connectivity index (χ0v) is 9.89. The molecule has 0 aromatic heterocycles. The van der Waals surface area contributed by atoms with E-state index in [2.05, 4.69) is 11.8 Å². The highest BCUT2D eigenvalue weighted by molar-refractivity contribution is 6.31. The van der Waals surface area contributed by atoms with E-state index < -0.39 is 0 Å². The topological polar surface area (TPSA) is 0 Å². The maximum absolute atomic E-state index is 5.86. The van der Waals surface area contributed by atoms with E-state index >= 15 is 0 Å². The summed E-state index contributed by atoms with van der Waals surface area (Å²) in [5.74, 6) is 6.07.